The molecule has 0 unspecified atom stereocenters. The van der Waals surface area contributed by atoms with Crippen molar-refractivity contribution in [3.05, 3.63) is 71.3 Å². The first-order valence-corrected chi connectivity index (χ1v) is 9.50. The van der Waals surface area contributed by atoms with Crippen LogP contribution in [0.5, 0.6) is 5.75 Å². The Morgan fingerprint density at radius 1 is 0.967 bits per heavy atom. The molecule has 0 aliphatic heterocycles. The summed E-state index contributed by atoms with van der Waals surface area (Å²) in [6, 6.07) is 16.6. The van der Waals surface area contributed by atoms with E-state index in [1.807, 2.05) is 50.2 Å². The lowest BCUT2D eigenvalue weighted by Gasteiger charge is -2.11. The van der Waals surface area contributed by atoms with Crippen LogP contribution < -0.4 is 10.1 Å². The van der Waals surface area contributed by atoms with Crippen molar-refractivity contribution in [2.45, 2.75) is 13.8 Å². The molecule has 4 rings (SSSR count). The van der Waals surface area contributed by atoms with Gasteiger partial charge in [-0.1, -0.05) is 30.3 Å². The number of hydrogen-bond acceptors (Lipinski definition) is 5. The molecule has 1 N–H and O–H groups in total. The van der Waals surface area contributed by atoms with Gasteiger partial charge in [0, 0.05) is 16.8 Å². The number of fused-ring (bicyclic) bond motifs is 3. The molecule has 0 saturated heterocycles. The van der Waals surface area contributed by atoms with Gasteiger partial charge in [0.25, 0.3) is 5.91 Å². The molecule has 0 radical (unpaired) electrons. The van der Waals surface area contributed by atoms with Crippen LogP contribution in [0.2, 0.25) is 0 Å². The van der Waals surface area contributed by atoms with Crippen molar-refractivity contribution in [3.8, 4) is 5.75 Å². The summed E-state index contributed by atoms with van der Waals surface area (Å²) in [5, 5.41) is 4.58. The van der Waals surface area contributed by atoms with E-state index >= 15 is 0 Å². The second-order valence-electron chi connectivity index (χ2n) is 7.02. The molecular weight excluding hydrogens is 382 g/mol. The van der Waals surface area contributed by atoms with Crippen LogP contribution in [0, 0.1) is 13.8 Å². The number of amides is 1. The number of carbonyl (C=O) groups is 2. The van der Waals surface area contributed by atoms with Crippen molar-refractivity contribution >= 4 is 39.5 Å². The fourth-order valence-electron chi connectivity index (χ4n) is 3.39. The van der Waals surface area contributed by atoms with E-state index in [0.717, 1.165) is 27.5 Å². The summed E-state index contributed by atoms with van der Waals surface area (Å²) in [7, 11) is 1.53. The summed E-state index contributed by atoms with van der Waals surface area (Å²) in [5.74, 6) is -0.517. The Bertz CT molecular complexity index is 1270. The maximum Gasteiger partial charge on any atom is 0.338 e. The molecule has 30 heavy (non-hydrogen) atoms. The Balaban J connectivity index is 1.52. The molecule has 0 aliphatic carbocycles. The number of aryl methyl sites for hydroxylation is 1. The average molecular weight is 403 g/mol. The van der Waals surface area contributed by atoms with Gasteiger partial charge in [0.1, 0.15) is 16.9 Å². The fraction of sp³-hybridized carbons (Fsp3) is 0.167. The first kappa shape index (κ1) is 19.5. The molecule has 4 aromatic rings. The molecule has 6 nitrogen and oxygen atoms in total. The number of rotatable bonds is 5. The zero-order valence-electron chi connectivity index (χ0n) is 16.9. The Labute approximate surface area is 173 Å². The lowest BCUT2D eigenvalue weighted by molar-refractivity contribution is -0.119. The molecular formula is C24H21NO5. The monoisotopic (exact) mass is 403 g/mol. The molecule has 3 aromatic carbocycles. The minimum absolute atomic E-state index is 0.409. The minimum Gasteiger partial charge on any atom is -0.495 e. The smallest absolute Gasteiger partial charge is 0.338 e. The summed E-state index contributed by atoms with van der Waals surface area (Å²) >= 11 is 0. The summed E-state index contributed by atoms with van der Waals surface area (Å²) in [6.45, 7) is 3.35. The predicted octanol–water partition coefficient (Wildman–Crippen LogP) is 5.01. The van der Waals surface area contributed by atoms with Crippen molar-refractivity contribution < 1.29 is 23.5 Å². The third-order valence-electron chi connectivity index (χ3n) is 5.13. The number of ether oxygens (including phenoxy) is 2. The van der Waals surface area contributed by atoms with Gasteiger partial charge in [0.2, 0.25) is 0 Å². The van der Waals surface area contributed by atoms with Gasteiger partial charge in [-0.15, -0.1) is 0 Å². The van der Waals surface area contributed by atoms with Crippen LogP contribution in [0.4, 0.5) is 5.69 Å². The molecule has 0 aliphatic rings. The summed E-state index contributed by atoms with van der Waals surface area (Å²) in [4.78, 5) is 24.7. The number of esters is 1. The minimum atomic E-state index is -0.536. The number of furan rings is 1. The van der Waals surface area contributed by atoms with Crippen molar-refractivity contribution in [2.24, 2.45) is 0 Å². The van der Waals surface area contributed by atoms with Crippen LogP contribution in [0.1, 0.15) is 21.5 Å². The second-order valence-corrected chi connectivity index (χ2v) is 7.02. The Morgan fingerprint density at radius 2 is 1.77 bits per heavy atom. The molecule has 0 saturated carbocycles. The fourth-order valence-corrected chi connectivity index (χ4v) is 3.39. The molecule has 1 heterocycles. The number of hydrogen-bond donors (Lipinski definition) is 1. The van der Waals surface area contributed by atoms with Crippen LogP contribution in [-0.4, -0.2) is 25.6 Å². The van der Waals surface area contributed by atoms with Gasteiger partial charge in [-0.25, -0.2) is 4.79 Å². The van der Waals surface area contributed by atoms with E-state index < -0.39 is 18.5 Å². The standard InChI is InChI=1S/C24H21NO5/c1-14-7-6-9-16(15(14)2)24(27)29-13-23(26)25-19-12-21-18(11-22(19)28-3)17-8-4-5-10-20(17)30-21/h4-12H,13H2,1-3H3,(H,25,26). The molecule has 1 amide bonds. The van der Waals surface area contributed by atoms with E-state index in [9.17, 15) is 9.59 Å². The van der Waals surface area contributed by atoms with E-state index in [1.165, 1.54) is 7.11 Å². The first-order valence-electron chi connectivity index (χ1n) is 9.50. The van der Waals surface area contributed by atoms with E-state index in [0.29, 0.717) is 22.6 Å². The molecule has 6 heteroatoms. The van der Waals surface area contributed by atoms with Crippen molar-refractivity contribution in [1.29, 1.82) is 0 Å². The van der Waals surface area contributed by atoms with Crippen molar-refractivity contribution in [2.75, 3.05) is 19.0 Å². The van der Waals surface area contributed by atoms with Gasteiger partial charge in [0.05, 0.1) is 18.4 Å². The van der Waals surface area contributed by atoms with E-state index in [-0.39, 0.29) is 0 Å². The third kappa shape index (κ3) is 3.59. The highest BCUT2D eigenvalue weighted by atomic mass is 16.5. The number of anilines is 1. The number of para-hydroxylation sites is 1. The van der Waals surface area contributed by atoms with Crippen LogP contribution in [0.25, 0.3) is 21.9 Å². The van der Waals surface area contributed by atoms with Crippen molar-refractivity contribution in [3.63, 3.8) is 0 Å². The van der Waals surface area contributed by atoms with E-state index in [4.69, 9.17) is 13.9 Å². The van der Waals surface area contributed by atoms with Gasteiger partial charge in [0.15, 0.2) is 6.61 Å². The maximum absolute atomic E-state index is 12.4. The van der Waals surface area contributed by atoms with Crippen LogP contribution >= 0.6 is 0 Å². The predicted molar refractivity (Wildman–Crippen MR) is 115 cm³/mol. The molecule has 0 spiro atoms. The second kappa shape index (κ2) is 7.91. The molecule has 0 fully saturated rings. The molecule has 0 bridgehead atoms. The third-order valence-corrected chi connectivity index (χ3v) is 5.13. The Kier molecular flexibility index (Phi) is 5.14. The van der Waals surface area contributed by atoms with Gasteiger partial charge in [-0.2, -0.15) is 0 Å². The summed E-state index contributed by atoms with van der Waals surface area (Å²) in [6.07, 6.45) is 0. The van der Waals surface area contributed by atoms with Gasteiger partial charge < -0.3 is 19.2 Å². The van der Waals surface area contributed by atoms with Crippen molar-refractivity contribution in [1.82, 2.24) is 0 Å². The maximum atomic E-state index is 12.4. The number of benzene rings is 3. The molecule has 0 atom stereocenters. The highest BCUT2D eigenvalue weighted by Crippen LogP contribution is 2.36. The zero-order valence-corrected chi connectivity index (χ0v) is 16.9. The van der Waals surface area contributed by atoms with Gasteiger partial charge in [-0.05, 0) is 43.2 Å². The van der Waals surface area contributed by atoms with Crippen LogP contribution in [-0.2, 0) is 9.53 Å². The summed E-state index contributed by atoms with van der Waals surface area (Å²) < 4.78 is 16.5. The summed E-state index contributed by atoms with van der Waals surface area (Å²) in [5.41, 5.74) is 4.08. The molecule has 152 valence electrons. The lowest BCUT2D eigenvalue weighted by Crippen LogP contribution is -2.21. The highest BCUT2D eigenvalue weighted by Gasteiger charge is 2.16. The number of carbonyl (C=O) groups excluding carboxylic acids is 2. The van der Waals surface area contributed by atoms with E-state index in [1.54, 1.807) is 18.2 Å². The van der Waals surface area contributed by atoms with Crippen LogP contribution in [0.3, 0.4) is 0 Å². The largest absolute Gasteiger partial charge is 0.495 e. The highest BCUT2D eigenvalue weighted by molar-refractivity contribution is 6.08. The van der Waals surface area contributed by atoms with Crippen LogP contribution in [0.15, 0.2) is 59.0 Å². The quantitative estimate of drug-likeness (QED) is 0.474. The van der Waals surface area contributed by atoms with E-state index in [2.05, 4.69) is 5.32 Å². The topological polar surface area (TPSA) is 77.8 Å². The lowest BCUT2D eigenvalue weighted by atomic mass is 10.0. The molecule has 1 aromatic heterocycles. The first-order chi connectivity index (χ1) is 14.5. The Morgan fingerprint density at radius 3 is 2.57 bits per heavy atom. The average Bonchev–Trinajstić information content (AvgIpc) is 3.10. The van der Waals surface area contributed by atoms with Gasteiger partial charge in [-0.3, -0.25) is 4.79 Å². The number of nitrogens with one attached hydrogen (secondary N) is 1. The normalized spacial score (nSPS) is 10.9. The Hall–Kier alpha value is -3.80. The van der Waals surface area contributed by atoms with Gasteiger partial charge >= 0.3 is 5.97 Å². The SMILES string of the molecule is COc1cc2c(cc1NC(=O)COC(=O)c1cccc(C)c1C)oc1ccccc12. The zero-order chi connectivity index (χ0) is 21.3. The number of methoxy groups -OCH3 is 1.